The van der Waals surface area contributed by atoms with Crippen molar-refractivity contribution in [2.24, 2.45) is 5.92 Å². The van der Waals surface area contributed by atoms with Crippen LogP contribution in [0.2, 0.25) is 0 Å². The Morgan fingerprint density at radius 2 is 1.86 bits per heavy atom. The molecule has 0 saturated carbocycles. The molecule has 0 bridgehead atoms. The van der Waals surface area contributed by atoms with Crippen molar-refractivity contribution in [3.8, 4) is 0 Å². The van der Waals surface area contributed by atoms with Crippen molar-refractivity contribution in [2.45, 2.75) is 38.0 Å². The van der Waals surface area contributed by atoms with Crippen LogP contribution in [0.1, 0.15) is 32.3 Å². The standard InChI is InChI=1S/C16H22N2O3S/c1-12-5-8-17(9-6-12)22(20,21)15-3-4-16-14(11-15)7-10-18(16)13(2)19/h3-4,11-12H,5-10H2,1-2H3. The number of anilines is 1. The van der Waals surface area contributed by atoms with Gasteiger partial charge in [-0.3, -0.25) is 4.79 Å². The predicted molar refractivity (Wildman–Crippen MR) is 85.3 cm³/mol. The van der Waals surface area contributed by atoms with Crippen LogP contribution in [0.5, 0.6) is 0 Å². The highest BCUT2D eigenvalue weighted by molar-refractivity contribution is 7.89. The van der Waals surface area contributed by atoms with Gasteiger partial charge in [-0.05, 0) is 48.9 Å². The number of hydrogen-bond acceptors (Lipinski definition) is 3. The van der Waals surface area contributed by atoms with Crippen molar-refractivity contribution in [3.63, 3.8) is 0 Å². The predicted octanol–water partition coefficient (Wildman–Crippen LogP) is 2.02. The summed E-state index contributed by atoms with van der Waals surface area (Å²) in [6, 6.07) is 5.14. The van der Waals surface area contributed by atoms with Gasteiger partial charge in [0.15, 0.2) is 0 Å². The summed E-state index contributed by atoms with van der Waals surface area (Å²) >= 11 is 0. The van der Waals surface area contributed by atoms with E-state index in [1.165, 1.54) is 6.92 Å². The van der Waals surface area contributed by atoms with Crippen molar-refractivity contribution >= 4 is 21.6 Å². The van der Waals surface area contributed by atoms with Gasteiger partial charge in [-0.25, -0.2) is 8.42 Å². The second kappa shape index (κ2) is 5.66. The monoisotopic (exact) mass is 322 g/mol. The van der Waals surface area contributed by atoms with Crippen LogP contribution in [0.4, 0.5) is 5.69 Å². The highest BCUT2D eigenvalue weighted by atomic mass is 32.2. The normalized spacial score (nSPS) is 20.2. The molecule has 0 aromatic heterocycles. The minimum atomic E-state index is -3.41. The number of carbonyl (C=O) groups excluding carboxylic acids is 1. The Balaban J connectivity index is 1.88. The van der Waals surface area contributed by atoms with Crippen LogP contribution < -0.4 is 4.90 Å². The largest absolute Gasteiger partial charge is 0.312 e. The molecular formula is C16H22N2O3S. The first kappa shape index (κ1) is 15.5. The van der Waals surface area contributed by atoms with Gasteiger partial charge in [0.1, 0.15) is 0 Å². The lowest BCUT2D eigenvalue weighted by Crippen LogP contribution is -2.37. The van der Waals surface area contributed by atoms with Gasteiger partial charge in [0.2, 0.25) is 15.9 Å². The lowest BCUT2D eigenvalue weighted by molar-refractivity contribution is -0.116. The van der Waals surface area contributed by atoms with E-state index < -0.39 is 10.0 Å². The molecule has 2 aliphatic rings. The van der Waals surface area contributed by atoms with Gasteiger partial charge in [-0.1, -0.05) is 6.92 Å². The van der Waals surface area contributed by atoms with Crippen LogP contribution in [-0.2, 0) is 21.2 Å². The van der Waals surface area contributed by atoms with E-state index in [1.807, 2.05) is 0 Å². The number of fused-ring (bicyclic) bond motifs is 1. The number of sulfonamides is 1. The topological polar surface area (TPSA) is 57.7 Å². The van der Waals surface area contributed by atoms with E-state index in [9.17, 15) is 13.2 Å². The minimum absolute atomic E-state index is 0.000578. The molecule has 3 rings (SSSR count). The summed E-state index contributed by atoms with van der Waals surface area (Å²) in [6.07, 6.45) is 2.56. The highest BCUT2D eigenvalue weighted by Gasteiger charge is 2.30. The van der Waals surface area contributed by atoms with E-state index in [1.54, 1.807) is 27.4 Å². The molecule has 0 N–H and O–H groups in total. The first-order valence-electron chi connectivity index (χ1n) is 7.81. The first-order chi connectivity index (χ1) is 10.4. The van der Waals surface area contributed by atoms with E-state index in [0.29, 0.717) is 30.4 Å². The molecule has 1 saturated heterocycles. The number of piperidine rings is 1. The lowest BCUT2D eigenvalue weighted by atomic mass is 10.0. The molecule has 1 fully saturated rings. The van der Waals surface area contributed by atoms with Crippen LogP contribution in [0.25, 0.3) is 0 Å². The maximum Gasteiger partial charge on any atom is 0.243 e. The summed E-state index contributed by atoms with van der Waals surface area (Å²) in [6.45, 7) is 5.53. The first-order valence-corrected chi connectivity index (χ1v) is 9.25. The van der Waals surface area contributed by atoms with Crippen LogP contribution >= 0.6 is 0 Å². The van der Waals surface area contributed by atoms with Gasteiger partial charge in [0.05, 0.1) is 4.90 Å². The van der Waals surface area contributed by atoms with Gasteiger partial charge in [-0.2, -0.15) is 4.31 Å². The molecule has 120 valence electrons. The molecular weight excluding hydrogens is 300 g/mol. The molecule has 2 aliphatic heterocycles. The van der Waals surface area contributed by atoms with Crippen molar-refractivity contribution in [2.75, 3.05) is 24.5 Å². The van der Waals surface area contributed by atoms with E-state index in [2.05, 4.69) is 6.92 Å². The van der Waals surface area contributed by atoms with Gasteiger partial charge >= 0.3 is 0 Å². The Bertz CT molecular complexity index is 691. The van der Waals surface area contributed by atoms with Gasteiger partial charge in [-0.15, -0.1) is 0 Å². The number of carbonyl (C=O) groups is 1. The van der Waals surface area contributed by atoms with Crippen molar-refractivity contribution in [1.29, 1.82) is 0 Å². The maximum absolute atomic E-state index is 12.8. The van der Waals surface area contributed by atoms with E-state index in [0.717, 1.165) is 30.5 Å². The third-order valence-electron chi connectivity index (χ3n) is 4.71. The summed E-state index contributed by atoms with van der Waals surface area (Å²) in [4.78, 5) is 13.6. The van der Waals surface area contributed by atoms with E-state index in [4.69, 9.17) is 0 Å². The Kier molecular flexibility index (Phi) is 3.99. The van der Waals surface area contributed by atoms with E-state index in [-0.39, 0.29) is 5.91 Å². The number of hydrogen-bond donors (Lipinski definition) is 0. The second-order valence-electron chi connectivity index (χ2n) is 6.30. The molecule has 1 amide bonds. The molecule has 0 atom stereocenters. The van der Waals surface area contributed by atoms with Gasteiger partial charge in [0, 0.05) is 32.2 Å². The third kappa shape index (κ3) is 2.65. The molecule has 1 aromatic rings. The summed E-state index contributed by atoms with van der Waals surface area (Å²) < 4.78 is 27.1. The van der Waals surface area contributed by atoms with Crippen molar-refractivity contribution in [1.82, 2.24) is 4.31 Å². The maximum atomic E-state index is 12.8. The molecule has 6 heteroatoms. The number of benzene rings is 1. The quantitative estimate of drug-likeness (QED) is 0.837. The smallest absolute Gasteiger partial charge is 0.243 e. The fraction of sp³-hybridized carbons (Fsp3) is 0.562. The van der Waals surface area contributed by atoms with Crippen molar-refractivity contribution in [3.05, 3.63) is 23.8 Å². The molecule has 0 unspecified atom stereocenters. The fourth-order valence-electron chi connectivity index (χ4n) is 3.24. The SMILES string of the molecule is CC(=O)N1CCc2cc(S(=O)(=O)N3CCC(C)CC3)ccc21. The van der Waals surface area contributed by atoms with Crippen LogP contribution in [-0.4, -0.2) is 38.3 Å². The Hall–Kier alpha value is -1.40. The summed E-state index contributed by atoms with van der Waals surface area (Å²) in [5.74, 6) is 0.593. The number of nitrogens with zero attached hydrogens (tertiary/aromatic N) is 2. The average molecular weight is 322 g/mol. The third-order valence-corrected chi connectivity index (χ3v) is 6.60. The molecule has 2 heterocycles. The Morgan fingerprint density at radius 3 is 2.50 bits per heavy atom. The zero-order valence-electron chi connectivity index (χ0n) is 13.1. The zero-order chi connectivity index (χ0) is 15.9. The zero-order valence-corrected chi connectivity index (χ0v) is 13.9. The summed E-state index contributed by atoms with van der Waals surface area (Å²) in [7, 11) is -3.41. The Labute approximate surface area is 132 Å². The highest BCUT2D eigenvalue weighted by Crippen LogP contribution is 2.32. The molecule has 1 aromatic carbocycles. The second-order valence-corrected chi connectivity index (χ2v) is 8.24. The summed E-state index contributed by atoms with van der Waals surface area (Å²) in [5.41, 5.74) is 1.79. The average Bonchev–Trinajstić information content (AvgIpc) is 2.90. The molecule has 5 nitrogen and oxygen atoms in total. The van der Waals surface area contributed by atoms with Gasteiger partial charge in [0.25, 0.3) is 0 Å². The molecule has 22 heavy (non-hydrogen) atoms. The van der Waals surface area contributed by atoms with Crippen LogP contribution in [0.3, 0.4) is 0 Å². The molecule has 0 spiro atoms. The van der Waals surface area contributed by atoms with Crippen molar-refractivity contribution < 1.29 is 13.2 Å². The van der Waals surface area contributed by atoms with E-state index >= 15 is 0 Å². The number of amides is 1. The molecule has 0 aliphatic carbocycles. The van der Waals surface area contributed by atoms with Gasteiger partial charge < -0.3 is 4.90 Å². The number of rotatable bonds is 2. The summed E-state index contributed by atoms with van der Waals surface area (Å²) in [5, 5.41) is 0. The lowest BCUT2D eigenvalue weighted by Gasteiger charge is -2.29. The minimum Gasteiger partial charge on any atom is -0.312 e. The molecule has 0 radical (unpaired) electrons. The fourth-order valence-corrected chi connectivity index (χ4v) is 4.76. The Morgan fingerprint density at radius 1 is 1.18 bits per heavy atom. The van der Waals surface area contributed by atoms with Crippen LogP contribution in [0, 0.1) is 5.92 Å². The van der Waals surface area contributed by atoms with Crippen LogP contribution in [0.15, 0.2) is 23.1 Å².